The van der Waals surface area contributed by atoms with Gasteiger partial charge >= 0.3 is 12.6 Å². The summed E-state index contributed by atoms with van der Waals surface area (Å²) in [6, 6.07) is 4.01. The average Bonchev–Trinajstić information content (AvgIpc) is 2.54. The monoisotopic (exact) mass is 348 g/mol. The van der Waals surface area contributed by atoms with Gasteiger partial charge in [0.2, 0.25) is 0 Å². The third-order valence-electron chi connectivity index (χ3n) is 3.83. The van der Waals surface area contributed by atoms with Crippen molar-refractivity contribution >= 4 is 17.6 Å². The van der Waals surface area contributed by atoms with Crippen molar-refractivity contribution in [2.45, 2.75) is 26.0 Å². The number of benzene rings is 1. The molecule has 0 saturated carbocycles. The number of alkyl halides is 2. The maximum Gasteiger partial charge on any atom is 0.387 e. The van der Waals surface area contributed by atoms with Crippen LogP contribution >= 0.6 is 11.6 Å². The number of piperidine rings is 1. The number of rotatable bonds is 5. The van der Waals surface area contributed by atoms with Gasteiger partial charge in [0.15, 0.2) is 0 Å². The van der Waals surface area contributed by atoms with E-state index in [1.54, 1.807) is 4.90 Å². The van der Waals surface area contributed by atoms with Crippen molar-refractivity contribution in [3.05, 3.63) is 28.8 Å². The summed E-state index contributed by atoms with van der Waals surface area (Å²) in [7, 11) is 0. The molecule has 0 unspecified atom stereocenters. The lowest BCUT2D eigenvalue weighted by molar-refractivity contribution is -0.0504. The lowest BCUT2D eigenvalue weighted by Crippen LogP contribution is -2.44. The highest BCUT2D eigenvalue weighted by molar-refractivity contribution is 6.30. The van der Waals surface area contributed by atoms with Crippen LogP contribution in [0.25, 0.3) is 0 Å². The van der Waals surface area contributed by atoms with Gasteiger partial charge < -0.3 is 20.1 Å². The highest BCUT2D eigenvalue weighted by Gasteiger charge is 2.22. The number of aliphatic hydroxyl groups excluding tert-OH is 1. The number of hydrogen-bond acceptors (Lipinski definition) is 3. The SMILES string of the molecule is O=C(NCc1cc(Cl)ccc1OC(F)F)N1CCC(CO)CC1. The van der Waals surface area contributed by atoms with E-state index in [1.807, 2.05) is 0 Å². The van der Waals surface area contributed by atoms with Crippen LogP contribution in [0.5, 0.6) is 5.75 Å². The van der Waals surface area contributed by atoms with E-state index in [-0.39, 0.29) is 30.9 Å². The van der Waals surface area contributed by atoms with Gasteiger partial charge in [0, 0.05) is 36.8 Å². The standard InChI is InChI=1S/C15H19ClF2N2O3/c16-12-1-2-13(23-14(17)18)11(7-12)8-19-15(22)20-5-3-10(9-21)4-6-20/h1-2,7,10,14,21H,3-6,8-9H2,(H,19,22). The first-order valence-corrected chi connectivity index (χ1v) is 7.74. The van der Waals surface area contributed by atoms with E-state index in [0.29, 0.717) is 23.7 Å². The molecule has 0 aliphatic carbocycles. The summed E-state index contributed by atoms with van der Waals surface area (Å²) < 4.78 is 29.2. The van der Waals surface area contributed by atoms with Crippen molar-refractivity contribution in [3.8, 4) is 5.75 Å². The molecule has 1 heterocycles. The first kappa shape index (κ1) is 17.7. The average molecular weight is 349 g/mol. The molecule has 0 bridgehead atoms. The summed E-state index contributed by atoms with van der Waals surface area (Å²) in [6.07, 6.45) is 1.50. The molecule has 0 radical (unpaired) electrons. The summed E-state index contributed by atoms with van der Waals surface area (Å²) >= 11 is 5.86. The molecule has 0 spiro atoms. The molecule has 1 saturated heterocycles. The second-order valence-electron chi connectivity index (χ2n) is 5.40. The number of aliphatic hydroxyl groups is 1. The maximum absolute atomic E-state index is 12.4. The van der Waals surface area contributed by atoms with E-state index in [2.05, 4.69) is 10.1 Å². The van der Waals surface area contributed by atoms with E-state index >= 15 is 0 Å². The number of hydrogen-bond donors (Lipinski definition) is 2. The number of carbonyl (C=O) groups is 1. The summed E-state index contributed by atoms with van der Waals surface area (Å²) in [5.41, 5.74) is 0.386. The zero-order valence-corrected chi connectivity index (χ0v) is 13.2. The molecule has 1 aliphatic rings. The fourth-order valence-electron chi connectivity index (χ4n) is 2.50. The number of halogens is 3. The van der Waals surface area contributed by atoms with E-state index in [1.165, 1.54) is 18.2 Å². The van der Waals surface area contributed by atoms with E-state index in [9.17, 15) is 13.6 Å². The Kier molecular flexibility index (Phi) is 6.41. The second-order valence-corrected chi connectivity index (χ2v) is 5.84. The molecular weight excluding hydrogens is 330 g/mol. The van der Waals surface area contributed by atoms with E-state index < -0.39 is 6.61 Å². The largest absolute Gasteiger partial charge is 0.434 e. The van der Waals surface area contributed by atoms with E-state index in [0.717, 1.165) is 12.8 Å². The number of nitrogens with zero attached hydrogens (tertiary/aromatic N) is 1. The van der Waals surface area contributed by atoms with Gasteiger partial charge in [-0.2, -0.15) is 8.78 Å². The molecule has 128 valence electrons. The van der Waals surface area contributed by atoms with Crippen LogP contribution in [0.3, 0.4) is 0 Å². The molecule has 23 heavy (non-hydrogen) atoms. The highest BCUT2D eigenvalue weighted by atomic mass is 35.5. The summed E-state index contributed by atoms with van der Waals surface area (Å²) in [5, 5.41) is 12.1. The van der Waals surface area contributed by atoms with Crippen molar-refractivity contribution < 1.29 is 23.4 Å². The Morgan fingerprint density at radius 2 is 2.13 bits per heavy atom. The molecule has 1 fully saturated rings. The third kappa shape index (κ3) is 5.21. The van der Waals surface area contributed by atoms with Gasteiger partial charge in [-0.15, -0.1) is 0 Å². The summed E-state index contributed by atoms with van der Waals surface area (Å²) in [5.74, 6) is 0.224. The van der Waals surface area contributed by atoms with Gasteiger partial charge in [0.05, 0.1) is 0 Å². The van der Waals surface area contributed by atoms with Gasteiger partial charge in [-0.3, -0.25) is 0 Å². The zero-order chi connectivity index (χ0) is 16.8. The highest BCUT2D eigenvalue weighted by Crippen LogP contribution is 2.24. The summed E-state index contributed by atoms with van der Waals surface area (Å²) in [6.45, 7) is -1.64. The van der Waals surface area contributed by atoms with Crippen molar-refractivity contribution in [1.29, 1.82) is 0 Å². The fraction of sp³-hybridized carbons (Fsp3) is 0.533. The Balaban J connectivity index is 1.92. The van der Waals surface area contributed by atoms with Crippen molar-refractivity contribution in [3.63, 3.8) is 0 Å². The molecule has 8 heteroatoms. The Hall–Kier alpha value is -1.60. The summed E-state index contributed by atoms with van der Waals surface area (Å²) in [4.78, 5) is 13.8. The molecule has 2 rings (SSSR count). The predicted octanol–water partition coefficient (Wildman–Crippen LogP) is 2.86. The molecule has 5 nitrogen and oxygen atoms in total. The van der Waals surface area contributed by atoms with Crippen LogP contribution in [0, 0.1) is 5.92 Å². The Bertz CT molecular complexity index is 537. The van der Waals surface area contributed by atoms with Gasteiger partial charge in [-0.1, -0.05) is 11.6 Å². The zero-order valence-electron chi connectivity index (χ0n) is 12.5. The number of ether oxygens (including phenoxy) is 1. The van der Waals surface area contributed by atoms with Crippen LogP contribution in [-0.2, 0) is 6.54 Å². The van der Waals surface area contributed by atoms with Crippen LogP contribution in [0.4, 0.5) is 13.6 Å². The Labute approximate surface area is 138 Å². The van der Waals surface area contributed by atoms with Crippen molar-refractivity contribution in [2.75, 3.05) is 19.7 Å². The van der Waals surface area contributed by atoms with Crippen LogP contribution < -0.4 is 10.1 Å². The number of urea groups is 1. The Morgan fingerprint density at radius 1 is 1.43 bits per heavy atom. The normalized spacial score (nSPS) is 15.8. The fourth-order valence-corrected chi connectivity index (χ4v) is 2.69. The lowest BCUT2D eigenvalue weighted by atomic mass is 9.98. The first-order valence-electron chi connectivity index (χ1n) is 7.36. The van der Waals surface area contributed by atoms with Crippen molar-refractivity contribution in [2.24, 2.45) is 5.92 Å². The molecule has 1 aromatic carbocycles. The maximum atomic E-state index is 12.4. The number of amides is 2. The van der Waals surface area contributed by atoms with Gasteiger partial charge in [0.1, 0.15) is 5.75 Å². The quantitative estimate of drug-likeness (QED) is 0.860. The first-order chi connectivity index (χ1) is 11.0. The molecule has 1 aliphatic heterocycles. The lowest BCUT2D eigenvalue weighted by Gasteiger charge is -2.31. The van der Waals surface area contributed by atoms with Crippen LogP contribution in [0.1, 0.15) is 18.4 Å². The minimum atomic E-state index is -2.94. The van der Waals surface area contributed by atoms with Gasteiger partial charge in [-0.25, -0.2) is 4.79 Å². The number of carbonyl (C=O) groups excluding carboxylic acids is 1. The van der Waals surface area contributed by atoms with Crippen LogP contribution in [-0.4, -0.2) is 42.3 Å². The van der Waals surface area contributed by atoms with Gasteiger partial charge in [0.25, 0.3) is 0 Å². The topological polar surface area (TPSA) is 61.8 Å². The number of likely N-dealkylation sites (tertiary alicyclic amines) is 1. The second kappa shape index (κ2) is 8.31. The minimum Gasteiger partial charge on any atom is -0.434 e. The minimum absolute atomic E-state index is 0.0105. The predicted molar refractivity (Wildman–Crippen MR) is 81.7 cm³/mol. The number of nitrogens with one attached hydrogen (secondary N) is 1. The third-order valence-corrected chi connectivity index (χ3v) is 4.06. The molecule has 0 aromatic heterocycles. The van der Waals surface area contributed by atoms with Crippen LogP contribution in [0.15, 0.2) is 18.2 Å². The molecule has 0 atom stereocenters. The van der Waals surface area contributed by atoms with E-state index in [4.69, 9.17) is 16.7 Å². The molecule has 2 amide bonds. The molecule has 2 N–H and O–H groups in total. The van der Waals surface area contributed by atoms with Crippen LogP contribution in [0.2, 0.25) is 5.02 Å². The van der Waals surface area contributed by atoms with Crippen molar-refractivity contribution in [1.82, 2.24) is 10.2 Å². The smallest absolute Gasteiger partial charge is 0.387 e. The Morgan fingerprint density at radius 3 is 2.74 bits per heavy atom. The molecular formula is C15H19ClF2N2O3. The molecule has 1 aromatic rings. The van der Waals surface area contributed by atoms with Gasteiger partial charge in [-0.05, 0) is 37.0 Å².